The van der Waals surface area contributed by atoms with Gasteiger partial charge in [0.1, 0.15) is 0 Å². The number of aliphatic imine (C=N–C) groups is 1. The Hall–Kier alpha value is -1.16. The largest absolute Gasteiger partial charge is 0.356 e. The predicted octanol–water partition coefficient (Wildman–Crippen LogP) is 2.76. The van der Waals surface area contributed by atoms with Gasteiger partial charge in [0.25, 0.3) is 0 Å². The molecular weight excluding hydrogens is 266 g/mol. The third-order valence-electron chi connectivity index (χ3n) is 3.03. The Morgan fingerprint density at radius 1 is 1.10 bits per heavy atom. The van der Waals surface area contributed by atoms with Gasteiger partial charge < -0.3 is 10.6 Å². The van der Waals surface area contributed by atoms with E-state index >= 15 is 0 Å². The van der Waals surface area contributed by atoms with Crippen molar-refractivity contribution in [1.82, 2.24) is 10.6 Å². The molecule has 0 fully saturated rings. The molecule has 0 aliphatic rings. The highest BCUT2D eigenvalue weighted by Crippen LogP contribution is 2.08. The number of guanidine groups is 1. The Morgan fingerprint density at radius 3 is 2.35 bits per heavy atom. The number of rotatable bonds is 7. The van der Waals surface area contributed by atoms with Crippen molar-refractivity contribution in [3.8, 4) is 0 Å². The average Bonchev–Trinajstić information content (AvgIpc) is 2.40. The molecule has 0 atom stereocenters. The molecule has 0 aliphatic carbocycles. The summed E-state index contributed by atoms with van der Waals surface area (Å²) in [6.45, 7) is 6.18. The Balaban J connectivity index is 2.30. The predicted molar refractivity (Wildman–Crippen MR) is 92.0 cm³/mol. The lowest BCUT2D eigenvalue weighted by atomic mass is 10.1. The van der Waals surface area contributed by atoms with E-state index in [1.165, 1.54) is 28.9 Å². The molecule has 0 aliphatic heterocycles. The minimum atomic E-state index is 0.899. The molecule has 1 aromatic carbocycles. The summed E-state index contributed by atoms with van der Waals surface area (Å²) >= 11 is 1.88. The summed E-state index contributed by atoms with van der Waals surface area (Å²) in [5.41, 5.74) is 4.05. The van der Waals surface area contributed by atoms with Crippen LogP contribution in [0.4, 0.5) is 0 Å². The van der Waals surface area contributed by atoms with Crippen LogP contribution in [0.15, 0.2) is 23.2 Å². The lowest BCUT2D eigenvalue weighted by Crippen LogP contribution is -2.38. The molecule has 0 heterocycles. The third-order valence-corrected chi connectivity index (χ3v) is 3.73. The molecule has 0 spiro atoms. The minimum Gasteiger partial charge on any atom is -0.356 e. The van der Waals surface area contributed by atoms with E-state index in [1.807, 2.05) is 18.8 Å². The molecule has 112 valence electrons. The van der Waals surface area contributed by atoms with Crippen LogP contribution < -0.4 is 10.6 Å². The lowest BCUT2D eigenvalue weighted by Gasteiger charge is -2.12. The molecule has 0 unspecified atom stereocenters. The molecular formula is C16H27N3S. The summed E-state index contributed by atoms with van der Waals surface area (Å²) in [5.74, 6) is 2.09. The van der Waals surface area contributed by atoms with Crippen LogP contribution >= 0.6 is 11.8 Å². The van der Waals surface area contributed by atoms with Crippen LogP contribution in [0, 0.1) is 13.8 Å². The van der Waals surface area contributed by atoms with Crippen molar-refractivity contribution in [2.75, 3.05) is 32.1 Å². The highest BCUT2D eigenvalue weighted by atomic mass is 32.2. The van der Waals surface area contributed by atoms with Crippen LogP contribution in [-0.2, 0) is 6.42 Å². The van der Waals surface area contributed by atoms with Crippen molar-refractivity contribution in [3.05, 3.63) is 34.9 Å². The van der Waals surface area contributed by atoms with Gasteiger partial charge in [0.2, 0.25) is 0 Å². The topological polar surface area (TPSA) is 36.4 Å². The summed E-state index contributed by atoms with van der Waals surface area (Å²) in [6.07, 6.45) is 4.32. The molecule has 1 rings (SSSR count). The molecule has 0 amide bonds. The van der Waals surface area contributed by atoms with Gasteiger partial charge in [-0.15, -0.1) is 0 Å². The Labute approximate surface area is 127 Å². The van der Waals surface area contributed by atoms with E-state index in [1.54, 1.807) is 0 Å². The summed E-state index contributed by atoms with van der Waals surface area (Å²) in [5, 5.41) is 6.70. The van der Waals surface area contributed by atoms with E-state index in [-0.39, 0.29) is 0 Å². The fourth-order valence-electron chi connectivity index (χ4n) is 2.18. The number of hydrogen-bond acceptors (Lipinski definition) is 2. The molecule has 0 saturated carbocycles. The van der Waals surface area contributed by atoms with Crippen molar-refractivity contribution >= 4 is 17.7 Å². The quantitative estimate of drug-likeness (QED) is 0.461. The summed E-state index contributed by atoms with van der Waals surface area (Å²) in [7, 11) is 1.82. The summed E-state index contributed by atoms with van der Waals surface area (Å²) in [4.78, 5) is 4.24. The molecule has 1 aromatic rings. The minimum absolute atomic E-state index is 0.899. The van der Waals surface area contributed by atoms with Gasteiger partial charge in [0.15, 0.2) is 5.96 Å². The number of benzene rings is 1. The smallest absolute Gasteiger partial charge is 0.190 e. The molecule has 0 bridgehead atoms. The van der Waals surface area contributed by atoms with Gasteiger partial charge in [-0.2, -0.15) is 11.8 Å². The Morgan fingerprint density at radius 2 is 1.75 bits per heavy atom. The van der Waals surface area contributed by atoms with E-state index in [9.17, 15) is 0 Å². The fourth-order valence-corrected chi connectivity index (χ4v) is 2.62. The second kappa shape index (κ2) is 9.70. The number of nitrogens with one attached hydrogen (secondary N) is 2. The highest BCUT2D eigenvalue weighted by Gasteiger charge is 1.99. The van der Waals surface area contributed by atoms with Crippen molar-refractivity contribution in [1.29, 1.82) is 0 Å². The van der Waals surface area contributed by atoms with Crippen LogP contribution in [0.3, 0.4) is 0 Å². The zero-order valence-corrected chi connectivity index (χ0v) is 13.9. The normalized spacial score (nSPS) is 11.5. The lowest BCUT2D eigenvalue weighted by molar-refractivity contribution is 0.777. The van der Waals surface area contributed by atoms with Gasteiger partial charge >= 0.3 is 0 Å². The second-order valence-electron chi connectivity index (χ2n) is 5.02. The first-order valence-electron chi connectivity index (χ1n) is 7.16. The maximum absolute atomic E-state index is 4.24. The van der Waals surface area contributed by atoms with E-state index in [2.05, 4.69) is 53.9 Å². The van der Waals surface area contributed by atoms with Crippen LogP contribution in [0.2, 0.25) is 0 Å². The third kappa shape index (κ3) is 6.85. The van der Waals surface area contributed by atoms with Crippen LogP contribution in [0.25, 0.3) is 0 Å². The van der Waals surface area contributed by atoms with Crippen LogP contribution in [-0.4, -0.2) is 38.1 Å². The number of hydrogen-bond donors (Lipinski definition) is 2. The zero-order chi connectivity index (χ0) is 14.8. The van der Waals surface area contributed by atoms with Gasteiger partial charge in [-0.1, -0.05) is 29.3 Å². The van der Waals surface area contributed by atoms with E-state index in [0.717, 1.165) is 25.5 Å². The fraction of sp³-hybridized carbons (Fsp3) is 0.562. The van der Waals surface area contributed by atoms with Gasteiger partial charge in [-0.3, -0.25) is 4.99 Å². The Kier molecular flexibility index (Phi) is 8.19. The first-order valence-corrected chi connectivity index (χ1v) is 8.55. The maximum Gasteiger partial charge on any atom is 0.190 e. The van der Waals surface area contributed by atoms with Crippen molar-refractivity contribution in [3.63, 3.8) is 0 Å². The van der Waals surface area contributed by atoms with E-state index in [4.69, 9.17) is 0 Å². The molecule has 0 radical (unpaired) electrons. The average molecular weight is 293 g/mol. The maximum atomic E-state index is 4.24. The van der Waals surface area contributed by atoms with E-state index < -0.39 is 0 Å². The van der Waals surface area contributed by atoms with Crippen molar-refractivity contribution < 1.29 is 0 Å². The summed E-state index contributed by atoms with van der Waals surface area (Å²) in [6, 6.07) is 6.72. The number of thioether (sulfide) groups is 1. The SMILES string of the molecule is CN=C(NCCCSC)NCCc1cc(C)cc(C)c1. The molecule has 3 nitrogen and oxygen atoms in total. The van der Waals surface area contributed by atoms with Crippen LogP contribution in [0.5, 0.6) is 0 Å². The Bertz CT molecular complexity index is 409. The molecule has 4 heteroatoms. The van der Waals surface area contributed by atoms with Gasteiger partial charge in [0, 0.05) is 20.1 Å². The van der Waals surface area contributed by atoms with Gasteiger partial charge in [-0.25, -0.2) is 0 Å². The van der Waals surface area contributed by atoms with Gasteiger partial charge in [-0.05, 0) is 44.3 Å². The standard InChI is InChI=1S/C16H27N3S/c1-13-10-14(2)12-15(11-13)6-8-19-16(17-3)18-7-5-9-20-4/h10-12H,5-9H2,1-4H3,(H2,17,18,19). The second-order valence-corrected chi connectivity index (χ2v) is 6.00. The van der Waals surface area contributed by atoms with Gasteiger partial charge in [0.05, 0.1) is 0 Å². The van der Waals surface area contributed by atoms with Crippen molar-refractivity contribution in [2.24, 2.45) is 4.99 Å². The number of nitrogens with zero attached hydrogens (tertiary/aromatic N) is 1. The van der Waals surface area contributed by atoms with Crippen LogP contribution in [0.1, 0.15) is 23.1 Å². The summed E-state index contributed by atoms with van der Waals surface area (Å²) < 4.78 is 0. The molecule has 2 N–H and O–H groups in total. The van der Waals surface area contributed by atoms with E-state index in [0.29, 0.717) is 0 Å². The number of aryl methyl sites for hydroxylation is 2. The molecule has 0 aromatic heterocycles. The molecule has 0 saturated heterocycles. The first kappa shape index (κ1) is 16.9. The highest BCUT2D eigenvalue weighted by molar-refractivity contribution is 7.98. The molecule has 20 heavy (non-hydrogen) atoms. The zero-order valence-electron chi connectivity index (χ0n) is 13.1. The van der Waals surface area contributed by atoms with Crippen molar-refractivity contribution in [2.45, 2.75) is 26.7 Å². The first-order chi connectivity index (χ1) is 9.65. The monoisotopic (exact) mass is 293 g/mol.